The Morgan fingerprint density at radius 1 is 1.00 bits per heavy atom. The van der Waals surface area contributed by atoms with E-state index < -0.39 is 0 Å². The highest BCUT2D eigenvalue weighted by Crippen LogP contribution is 2.37. The van der Waals surface area contributed by atoms with Gasteiger partial charge in [-0.15, -0.1) is 0 Å². The Balaban J connectivity index is 2.03. The summed E-state index contributed by atoms with van der Waals surface area (Å²) in [7, 11) is 2.00. The van der Waals surface area contributed by atoms with Crippen LogP contribution in [-0.2, 0) is 6.42 Å². The van der Waals surface area contributed by atoms with Crippen molar-refractivity contribution < 1.29 is 4.74 Å². The highest BCUT2D eigenvalue weighted by molar-refractivity contribution is 5.99. The first-order valence-corrected chi connectivity index (χ1v) is 9.73. The van der Waals surface area contributed by atoms with Crippen LogP contribution in [-0.4, -0.2) is 25.2 Å². The van der Waals surface area contributed by atoms with Crippen molar-refractivity contribution >= 4 is 10.9 Å². The number of H-pyrrole nitrogens is 1. The molecule has 0 spiro atoms. The number of fused-ring (bicyclic) bond motifs is 1. The Hall–Kier alpha value is -2.26. The smallest absolute Gasteiger partial charge is 0.127 e. The molecule has 0 radical (unpaired) electrons. The zero-order valence-electron chi connectivity index (χ0n) is 16.2. The van der Waals surface area contributed by atoms with Crippen LogP contribution >= 0.6 is 0 Å². The lowest BCUT2D eigenvalue weighted by Crippen LogP contribution is -2.10. The molecule has 1 heterocycles. The van der Waals surface area contributed by atoms with Crippen LogP contribution < -0.4 is 10.1 Å². The van der Waals surface area contributed by atoms with Crippen LogP contribution in [0, 0.1) is 6.92 Å². The lowest BCUT2D eigenvalue weighted by molar-refractivity contribution is 0.307. The number of aromatic nitrogens is 1. The van der Waals surface area contributed by atoms with E-state index in [0.717, 1.165) is 31.7 Å². The normalized spacial score (nSPS) is 11.2. The lowest BCUT2D eigenvalue weighted by atomic mass is 9.96. The minimum absolute atomic E-state index is 0.777. The molecular weight excluding hydrogens is 320 g/mol. The second-order valence-corrected chi connectivity index (χ2v) is 6.86. The number of benzene rings is 2. The molecule has 0 saturated heterocycles. The topological polar surface area (TPSA) is 37.0 Å². The maximum atomic E-state index is 6.15. The number of nitrogens with one attached hydrogen (secondary N) is 2. The first-order chi connectivity index (χ1) is 12.8. The molecule has 1 aromatic heterocycles. The van der Waals surface area contributed by atoms with Crippen LogP contribution in [0.2, 0.25) is 0 Å². The van der Waals surface area contributed by atoms with Gasteiger partial charge in [-0.3, -0.25) is 0 Å². The Morgan fingerprint density at radius 3 is 2.62 bits per heavy atom. The summed E-state index contributed by atoms with van der Waals surface area (Å²) in [4.78, 5) is 3.56. The SMILES string of the molecule is CCCCCOc1ccccc1-c1cccc2[nH]c(C)c(CCNC)c12. The molecule has 0 bridgehead atoms. The largest absolute Gasteiger partial charge is 0.493 e. The molecule has 2 N–H and O–H groups in total. The number of ether oxygens (including phenoxy) is 1. The minimum atomic E-state index is 0.777. The van der Waals surface area contributed by atoms with Crippen LogP contribution in [0.1, 0.15) is 37.4 Å². The van der Waals surface area contributed by atoms with E-state index in [-0.39, 0.29) is 0 Å². The predicted octanol–water partition coefficient (Wildman–Crippen LogP) is 5.47. The third-order valence-corrected chi connectivity index (χ3v) is 4.95. The zero-order chi connectivity index (χ0) is 18.4. The Morgan fingerprint density at radius 2 is 1.81 bits per heavy atom. The van der Waals surface area contributed by atoms with Gasteiger partial charge in [-0.2, -0.15) is 0 Å². The monoisotopic (exact) mass is 350 g/mol. The summed E-state index contributed by atoms with van der Waals surface area (Å²) in [5, 5.41) is 4.59. The molecule has 0 aliphatic rings. The Labute approximate surface area is 156 Å². The van der Waals surface area contributed by atoms with E-state index in [4.69, 9.17) is 4.74 Å². The van der Waals surface area contributed by atoms with Crippen molar-refractivity contribution in [2.75, 3.05) is 20.2 Å². The van der Waals surface area contributed by atoms with E-state index in [1.807, 2.05) is 7.05 Å². The summed E-state index contributed by atoms with van der Waals surface area (Å²) >= 11 is 0. The molecule has 0 aliphatic carbocycles. The maximum Gasteiger partial charge on any atom is 0.127 e. The number of rotatable bonds is 9. The van der Waals surface area contributed by atoms with Crippen LogP contribution in [0.3, 0.4) is 0 Å². The summed E-state index contributed by atoms with van der Waals surface area (Å²) in [6.45, 7) is 6.13. The highest BCUT2D eigenvalue weighted by atomic mass is 16.5. The van der Waals surface area contributed by atoms with E-state index in [1.165, 1.54) is 46.1 Å². The fourth-order valence-corrected chi connectivity index (χ4v) is 3.58. The van der Waals surface area contributed by atoms with Crippen molar-refractivity contribution in [3.63, 3.8) is 0 Å². The van der Waals surface area contributed by atoms with Crippen molar-refractivity contribution in [2.24, 2.45) is 0 Å². The molecule has 0 unspecified atom stereocenters. The third kappa shape index (κ3) is 3.94. The van der Waals surface area contributed by atoms with Gasteiger partial charge in [-0.25, -0.2) is 0 Å². The predicted molar refractivity (Wildman–Crippen MR) is 111 cm³/mol. The second kappa shape index (κ2) is 8.91. The molecule has 3 aromatic rings. The first kappa shape index (κ1) is 18.5. The summed E-state index contributed by atoms with van der Waals surface area (Å²) < 4.78 is 6.15. The molecule has 3 heteroatoms. The summed E-state index contributed by atoms with van der Waals surface area (Å²) in [6.07, 6.45) is 4.54. The molecule has 0 aliphatic heterocycles. The average molecular weight is 351 g/mol. The van der Waals surface area contributed by atoms with Crippen molar-refractivity contribution in [1.29, 1.82) is 0 Å². The zero-order valence-corrected chi connectivity index (χ0v) is 16.2. The van der Waals surface area contributed by atoms with E-state index in [2.05, 4.69) is 66.6 Å². The van der Waals surface area contributed by atoms with Crippen molar-refractivity contribution in [2.45, 2.75) is 39.5 Å². The van der Waals surface area contributed by atoms with Crippen molar-refractivity contribution in [3.8, 4) is 16.9 Å². The number of hydrogen-bond donors (Lipinski definition) is 2. The molecule has 0 fully saturated rings. The van der Waals surface area contributed by atoms with Gasteiger partial charge in [0, 0.05) is 22.2 Å². The van der Waals surface area contributed by atoms with E-state index in [1.54, 1.807) is 0 Å². The fraction of sp³-hybridized carbons (Fsp3) is 0.391. The molecule has 26 heavy (non-hydrogen) atoms. The third-order valence-electron chi connectivity index (χ3n) is 4.95. The number of unbranched alkanes of at least 4 members (excludes halogenated alkanes) is 2. The first-order valence-electron chi connectivity index (χ1n) is 9.73. The lowest BCUT2D eigenvalue weighted by Gasteiger charge is -2.13. The molecular formula is C23H30N2O. The van der Waals surface area contributed by atoms with Gasteiger partial charge in [0.05, 0.1) is 6.61 Å². The summed E-state index contributed by atoms with van der Waals surface area (Å²) in [5.74, 6) is 0.981. The second-order valence-electron chi connectivity index (χ2n) is 6.86. The van der Waals surface area contributed by atoms with E-state index in [9.17, 15) is 0 Å². The molecule has 0 atom stereocenters. The average Bonchev–Trinajstić information content (AvgIpc) is 2.99. The minimum Gasteiger partial charge on any atom is -0.493 e. The van der Waals surface area contributed by atoms with Crippen LogP contribution in [0.25, 0.3) is 22.0 Å². The number of para-hydroxylation sites is 1. The van der Waals surface area contributed by atoms with Crippen LogP contribution in [0.5, 0.6) is 5.75 Å². The standard InChI is InChI=1S/C23H30N2O/c1-4-5-8-16-26-22-13-7-6-10-19(22)20-11-9-12-21-23(20)18(14-15-24-3)17(2)25-21/h6-7,9-13,24-25H,4-5,8,14-16H2,1-3H3. The van der Waals surface area contributed by atoms with Gasteiger partial charge in [0.15, 0.2) is 0 Å². The van der Waals surface area contributed by atoms with Crippen LogP contribution in [0.15, 0.2) is 42.5 Å². The van der Waals surface area contributed by atoms with Gasteiger partial charge < -0.3 is 15.0 Å². The van der Waals surface area contributed by atoms with Gasteiger partial charge in [0.1, 0.15) is 5.75 Å². The molecule has 0 amide bonds. The van der Waals surface area contributed by atoms with Gasteiger partial charge in [-0.1, -0.05) is 50.1 Å². The number of aromatic amines is 1. The van der Waals surface area contributed by atoms with Crippen LogP contribution in [0.4, 0.5) is 0 Å². The van der Waals surface area contributed by atoms with Gasteiger partial charge in [0.2, 0.25) is 0 Å². The highest BCUT2D eigenvalue weighted by Gasteiger charge is 2.15. The molecule has 3 nitrogen and oxygen atoms in total. The van der Waals surface area contributed by atoms with Gasteiger partial charge in [-0.05, 0) is 56.6 Å². The number of aryl methyl sites for hydroxylation is 1. The molecule has 3 rings (SSSR count). The maximum absolute atomic E-state index is 6.15. The Bertz CT molecular complexity index is 851. The number of hydrogen-bond acceptors (Lipinski definition) is 2. The Kier molecular flexibility index (Phi) is 6.35. The number of likely N-dealkylation sites (N-methyl/N-ethyl adjacent to an activating group) is 1. The van der Waals surface area contributed by atoms with Crippen molar-refractivity contribution in [3.05, 3.63) is 53.7 Å². The summed E-state index contributed by atoms with van der Waals surface area (Å²) in [6, 6.07) is 14.9. The molecule has 138 valence electrons. The van der Waals surface area contributed by atoms with Crippen molar-refractivity contribution in [1.82, 2.24) is 10.3 Å². The van der Waals surface area contributed by atoms with Gasteiger partial charge >= 0.3 is 0 Å². The van der Waals surface area contributed by atoms with E-state index in [0.29, 0.717) is 0 Å². The van der Waals surface area contributed by atoms with E-state index >= 15 is 0 Å². The van der Waals surface area contributed by atoms with Gasteiger partial charge in [0.25, 0.3) is 0 Å². The quantitative estimate of drug-likeness (QED) is 0.502. The summed E-state index contributed by atoms with van der Waals surface area (Å²) in [5.41, 5.74) is 6.28. The molecule has 0 saturated carbocycles. The molecule has 2 aromatic carbocycles. The fourth-order valence-electron chi connectivity index (χ4n) is 3.58.